The zero-order chi connectivity index (χ0) is 26.1. The maximum atomic E-state index is 12.6. The molecule has 7 N–H and O–H groups in total. The molecule has 0 unspecified atom stereocenters. The number of guanidine groups is 1. The van der Waals surface area contributed by atoms with Crippen LogP contribution in [-0.4, -0.2) is 55.9 Å². The second kappa shape index (κ2) is 12.9. The van der Waals surface area contributed by atoms with E-state index in [1.54, 1.807) is 12.1 Å². The van der Waals surface area contributed by atoms with Crippen molar-refractivity contribution in [2.45, 2.75) is 6.04 Å². The first-order chi connectivity index (χ1) is 16.5. The molecule has 2 rings (SSSR count). The topological polar surface area (TPSA) is 176 Å². The van der Waals surface area contributed by atoms with Gasteiger partial charge >= 0.3 is 5.97 Å². The quantitative estimate of drug-likeness (QED) is 0.147. The molecule has 2 aromatic rings. The average Bonchev–Trinajstić information content (AvgIpc) is 2.78. The first-order valence-electron chi connectivity index (χ1n) is 9.81. The van der Waals surface area contributed by atoms with Gasteiger partial charge in [0.15, 0.2) is 5.96 Å². The summed E-state index contributed by atoms with van der Waals surface area (Å²) < 4.78 is 5.24. The molecule has 14 heteroatoms. The Hall–Kier alpha value is -3.35. The highest BCUT2D eigenvalue weighted by molar-refractivity contribution is 9.10. The Labute approximate surface area is 218 Å². The van der Waals surface area contributed by atoms with Crippen LogP contribution in [0, 0.1) is 5.41 Å². The summed E-state index contributed by atoms with van der Waals surface area (Å²) in [6.45, 7) is -0.730. The molecule has 0 aliphatic heterocycles. The van der Waals surface area contributed by atoms with Crippen LogP contribution in [0.4, 0.5) is 5.69 Å². The summed E-state index contributed by atoms with van der Waals surface area (Å²) in [5, 5.41) is 17.2. The van der Waals surface area contributed by atoms with Crippen LogP contribution in [-0.2, 0) is 14.3 Å². The Kier molecular flexibility index (Phi) is 10.3. The summed E-state index contributed by atoms with van der Waals surface area (Å²) in [7, 11) is 1.12. The van der Waals surface area contributed by atoms with Gasteiger partial charge in [-0.15, -0.1) is 0 Å². The Bertz CT molecular complexity index is 1140. The third kappa shape index (κ3) is 8.42. The van der Waals surface area contributed by atoms with E-state index in [0.29, 0.717) is 10.2 Å². The maximum absolute atomic E-state index is 12.6. The molecule has 0 saturated carbocycles. The van der Waals surface area contributed by atoms with Crippen LogP contribution < -0.4 is 27.0 Å². The van der Waals surface area contributed by atoms with E-state index in [-0.39, 0.29) is 33.7 Å². The number of rotatable bonds is 9. The van der Waals surface area contributed by atoms with Crippen LogP contribution in [0.25, 0.3) is 0 Å². The fourth-order valence-corrected chi connectivity index (χ4v) is 4.14. The van der Waals surface area contributed by atoms with Gasteiger partial charge in [-0.3, -0.25) is 19.8 Å². The van der Waals surface area contributed by atoms with Crippen molar-refractivity contribution in [3.8, 4) is 0 Å². The van der Waals surface area contributed by atoms with Crippen molar-refractivity contribution in [2.75, 3.05) is 25.5 Å². The van der Waals surface area contributed by atoms with Crippen molar-refractivity contribution in [3.05, 3.63) is 62.0 Å². The molecule has 0 heterocycles. The number of halogens is 3. The molecular formula is C21H21BrCl2N6O5. The Morgan fingerprint density at radius 1 is 1.09 bits per heavy atom. The van der Waals surface area contributed by atoms with E-state index in [4.69, 9.17) is 34.3 Å². The standard InChI is InChI=1S/C21H21BrCl2N6O5/c1-35-20(34)15(30-19(33)17-13(23)6-11(22)7-14(17)24)8-27-16(31)9-28-18(32)10-3-2-4-12(5-10)29-21(25)26/h2-7,15H,8-9H2,1H3,(H,27,31)(H,28,32)(H,30,33)(H4,25,26,29)/t15-/m0/s1. The van der Waals surface area contributed by atoms with E-state index >= 15 is 0 Å². The minimum Gasteiger partial charge on any atom is -0.467 e. The summed E-state index contributed by atoms with van der Waals surface area (Å²) >= 11 is 15.4. The second-order valence-corrected chi connectivity index (χ2v) is 8.63. The van der Waals surface area contributed by atoms with Gasteiger partial charge in [-0.05, 0) is 30.3 Å². The summed E-state index contributed by atoms with van der Waals surface area (Å²) in [6, 6.07) is 7.83. The number of esters is 1. The predicted molar refractivity (Wildman–Crippen MR) is 135 cm³/mol. The van der Waals surface area contributed by atoms with Gasteiger partial charge in [0.25, 0.3) is 11.8 Å². The SMILES string of the molecule is COC(=O)[C@H](CNC(=O)CNC(=O)c1cccc(NC(=N)N)c1)NC(=O)c1c(Cl)cc(Br)cc1Cl. The molecule has 2 aromatic carbocycles. The normalized spacial score (nSPS) is 11.1. The van der Waals surface area contributed by atoms with E-state index in [1.165, 1.54) is 24.3 Å². The highest BCUT2D eigenvalue weighted by Gasteiger charge is 2.25. The van der Waals surface area contributed by atoms with Gasteiger partial charge in [0.2, 0.25) is 5.91 Å². The molecule has 186 valence electrons. The van der Waals surface area contributed by atoms with E-state index < -0.39 is 36.3 Å². The number of nitrogens with one attached hydrogen (secondary N) is 5. The number of ether oxygens (including phenoxy) is 1. The van der Waals surface area contributed by atoms with Gasteiger partial charge in [-0.2, -0.15) is 0 Å². The number of hydrogen-bond acceptors (Lipinski definition) is 6. The third-order valence-corrected chi connectivity index (χ3v) is 5.40. The Balaban J connectivity index is 1.96. The van der Waals surface area contributed by atoms with Gasteiger partial charge < -0.3 is 31.7 Å². The summed E-state index contributed by atoms with van der Waals surface area (Å²) in [4.78, 5) is 49.3. The molecule has 0 aromatic heterocycles. The Morgan fingerprint density at radius 3 is 2.34 bits per heavy atom. The minimum atomic E-state index is -1.25. The van der Waals surface area contributed by atoms with Gasteiger partial charge in [0.05, 0.1) is 29.3 Å². The Morgan fingerprint density at radius 2 is 1.74 bits per heavy atom. The van der Waals surface area contributed by atoms with Crippen LogP contribution in [0.1, 0.15) is 20.7 Å². The average molecular weight is 588 g/mol. The van der Waals surface area contributed by atoms with E-state index in [9.17, 15) is 19.2 Å². The molecule has 0 saturated heterocycles. The monoisotopic (exact) mass is 586 g/mol. The fraction of sp³-hybridized carbons (Fsp3) is 0.190. The number of hydrogen-bond donors (Lipinski definition) is 6. The molecule has 3 amide bonds. The molecule has 0 aliphatic carbocycles. The molecule has 0 bridgehead atoms. The van der Waals surface area contributed by atoms with Gasteiger partial charge in [0, 0.05) is 22.3 Å². The highest BCUT2D eigenvalue weighted by Crippen LogP contribution is 2.29. The first-order valence-corrected chi connectivity index (χ1v) is 11.4. The van der Waals surface area contributed by atoms with Crippen LogP contribution >= 0.6 is 39.1 Å². The number of carbonyl (C=O) groups excluding carboxylic acids is 4. The summed E-state index contributed by atoms with van der Waals surface area (Å²) in [5.74, 6) is -3.03. The lowest BCUT2D eigenvalue weighted by atomic mass is 10.2. The maximum Gasteiger partial charge on any atom is 0.330 e. The molecule has 35 heavy (non-hydrogen) atoms. The lowest BCUT2D eigenvalue weighted by Gasteiger charge is -2.18. The lowest BCUT2D eigenvalue weighted by Crippen LogP contribution is -2.50. The van der Waals surface area contributed by atoms with Crippen LogP contribution in [0.2, 0.25) is 10.0 Å². The van der Waals surface area contributed by atoms with Gasteiger partial charge in [-0.1, -0.05) is 45.2 Å². The van der Waals surface area contributed by atoms with Crippen LogP contribution in [0.5, 0.6) is 0 Å². The largest absolute Gasteiger partial charge is 0.467 e. The van der Waals surface area contributed by atoms with Gasteiger partial charge in [-0.25, -0.2) is 4.79 Å². The fourth-order valence-electron chi connectivity index (χ4n) is 2.76. The number of nitrogens with two attached hydrogens (primary N) is 1. The van der Waals surface area contributed by atoms with Crippen LogP contribution in [0.3, 0.4) is 0 Å². The van der Waals surface area contributed by atoms with Crippen molar-refractivity contribution in [3.63, 3.8) is 0 Å². The third-order valence-electron chi connectivity index (χ3n) is 4.34. The zero-order valence-electron chi connectivity index (χ0n) is 18.2. The second-order valence-electron chi connectivity index (χ2n) is 6.90. The summed E-state index contributed by atoms with van der Waals surface area (Å²) in [5.41, 5.74) is 5.87. The van der Waals surface area contributed by atoms with E-state index in [0.717, 1.165) is 7.11 Å². The molecule has 0 aliphatic rings. The van der Waals surface area contributed by atoms with Gasteiger partial charge in [0.1, 0.15) is 6.04 Å². The van der Waals surface area contributed by atoms with Crippen LogP contribution in [0.15, 0.2) is 40.9 Å². The highest BCUT2D eigenvalue weighted by atomic mass is 79.9. The minimum absolute atomic E-state index is 0.0504. The predicted octanol–water partition coefficient (Wildman–Crippen LogP) is 1.88. The number of carbonyl (C=O) groups is 4. The van der Waals surface area contributed by atoms with E-state index in [1.807, 2.05) is 0 Å². The molecule has 1 atom stereocenters. The van der Waals surface area contributed by atoms with E-state index in [2.05, 4.69) is 41.9 Å². The number of benzene rings is 2. The molecule has 0 spiro atoms. The number of methoxy groups -OCH3 is 1. The molecular weight excluding hydrogens is 567 g/mol. The van der Waals surface area contributed by atoms with Crippen molar-refractivity contribution >= 4 is 74.5 Å². The van der Waals surface area contributed by atoms with Crippen molar-refractivity contribution in [2.24, 2.45) is 5.73 Å². The summed E-state index contributed by atoms with van der Waals surface area (Å²) in [6.07, 6.45) is 0. The zero-order valence-corrected chi connectivity index (χ0v) is 21.3. The smallest absolute Gasteiger partial charge is 0.330 e. The molecule has 0 radical (unpaired) electrons. The number of anilines is 1. The van der Waals surface area contributed by atoms with Crippen molar-refractivity contribution in [1.82, 2.24) is 16.0 Å². The molecule has 0 fully saturated rings. The first kappa shape index (κ1) is 27.9. The number of amides is 3. The van der Waals surface area contributed by atoms with Crippen molar-refractivity contribution in [1.29, 1.82) is 5.41 Å². The molecule has 11 nitrogen and oxygen atoms in total. The lowest BCUT2D eigenvalue weighted by molar-refractivity contribution is -0.142. The van der Waals surface area contributed by atoms with Crippen molar-refractivity contribution < 1.29 is 23.9 Å².